The van der Waals surface area contributed by atoms with Crippen molar-refractivity contribution in [2.45, 2.75) is 27.3 Å². The van der Waals surface area contributed by atoms with Gasteiger partial charge in [0.25, 0.3) is 5.56 Å². The lowest BCUT2D eigenvalue weighted by Gasteiger charge is -2.14. The summed E-state index contributed by atoms with van der Waals surface area (Å²) >= 11 is 0. The van der Waals surface area contributed by atoms with E-state index in [2.05, 4.69) is 0 Å². The maximum absolute atomic E-state index is 12.0. The first kappa shape index (κ1) is 13.3. The molecule has 1 aromatic heterocycles. The van der Waals surface area contributed by atoms with Crippen LogP contribution in [0, 0.1) is 12.8 Å². The summed E-state index contributed by atoms with van der Waals surface area (Å²) < 4.78 is 1.72. The minimum Gasteiger partial charge on any atom is -0.478 e. The molecule has 1 aromatic carbocycles. The van der Waals surface area contributed by atoms with Crippen LogP contribution in [0.3, 0.4) is 0 Å². The molecule has 0 bridgehead atoms. The van der Waals surface area contributed by atoms with Gasteiger partial charge in [-0.2, -0.15) is 0 Å². The van der Waals surface area contributed by atoms with Gasteiger partial charge in [0.2, 0.25) is 0 Å². The molecule has 0 atom stereocenters. The first-order valence-electron chi connectivity index (χ1n) is 6.27. The van der Waals surface area contributed by atoms with E-state index in [0.29, 0.717) is 12.5 Å². The number of pyridine rings is 1. The van der Waals surface area contributed by atoms with Crippen LogP contribution in [0.25, 0.3) is 10.9 Å². The molecule has 2 aromatic rings. The Bertz CT molecular complexity index is 698. The second-order valence-corrected chi connectivity index (χ2v) is 5.21. The maximum atomic E-state index is 12.0. The van der Waals surface area contributed by atoms with E-state index in [1.807, 2.05) is 20.8 Å². The van der Waals surface area contributed by atoms with Crippen LogP contribution in [-0.4, -0.2) is 15.6 Å². The Morgan fingerprint density at radius 2 is 2.00 bits per heavy atom. The van der Waals surface area contributed by atoms with Crippen molar-refractivity contribution < 1.29 is 9.90 Å². The predicted octanol–water partition coefficient (Wildman–Crippen LogP) is 2.66. The van der Waals surface area contributed by atoms with Gasteiger partial charge in [-0.15, -0.1) is 0 Å². The van der Waals surface area contributed by atoms with E-state index in [1.165, 1.54) is 6.07 Å². The number of aromatic nitrogens is 1. The third-order valence-electron chi connectivity index (χ3n) is 3.07. The summed E-state index contributed by atoms with van der Waals surface area (Å²) in [4.78, 5) is 23.0. The second kappa shape index (κ2) is 4.88. The number of aryl methyl sites for hydroxylation is 1. The van der Waals surface area contributed by atoms with Gasteiger partial charge in [0.05, 0.1) is 11.1 Å². The molecule has 0 saturated heterocycles. The fourth-order valence-corrected chi connectivity index (χ4v) is 2.33. The third kappa shape index (κ3) is 2.52. The Kier molecular flexibility index (Phi) is 3.42. The van der Waals surface area contributed by atoms with Gasteiger partial charge >= 0.3 is 5.97 Å². The molecule has 100 valence electrons. The van der Waals surface area contributed by atoms with Crippen molar-refractivity contribution in [2.24, 2.45) is 5.92 Å². The monoisotopic (exact) mass is 259 g/mol. The van der Waals surface area contributed by atoms with E-state index in [9.17, 15) is 9.59 Å². The third-order valence-corrected chi connectivity index (χ3v) is 3.07. The number of aromatic carboxylic acids is 1. The number of rotatable bonds is 3. The van der Waals surface area contributed by atoms with Gasteiger partial charge in [0.1, 0.15) is 0 Å². The molecular formula is C15H17NO3. The number of carboxylic acid groups (broad SMARTS) is 1. The summed E-state index contributed by atoms with van der Waals surface area (Å²) in [5.41, 5.74) is 1.84. The second-order valence-electron chi connectivity index (χ2n) is 5.21. The Labute approximate surface area is 111 Å². The summed E-state index contributed by atoms with van der Waals surface area (Å²) in [6.07, 6.45) is 0. The average Bonchev–Trinajstić information content (AvgIpc) is 2.31. The summed E-state index contributed by atoms with van der Waals surface area (Å²) in [5.74, 6) is -0.603. The highest BCUT2D eigenvalue weighted by Crippen LogP contribution is 2.20. The van der Waals surface area contributed by atoms with Crippen molar-refractivity contribution in [2.75, 3.05) is 0 Å². The number of nitrogens with zero attached hydrogens (tertiary/aromatic N) is 1. The van der Waals surface area contributed by atoms with Crippen molar-refractivity contribution in [3.63, 3.8) is 0 Å². The van der Waals surface area contributed by atoms with E-state index in [0.717, 1.165) is 16.5 Å². The highest BCUT2D eigenvalue weighted by Gasteiger charge is 2.11. The first-order chi connectivity index (χ1) is 8.90. The van der Waals surface area contributed by atoms with Gasteiger partial charge in [-0.05, 0) is 42.0 Å². The molecule has 0 saturated carbocycles. The fourth-order valence-electron chi connectivity index (χ4n) is 2.33. The van der Waals surface area contributed by atoms with Crippen molar-refractivity contribution >= 4 is 16.9 Å². The predicted molar refractivity (Wildman–Crippen MR) is 74.7 cm³/mol. The summed E-state index contributed by atoms with van der Waals surface area (Å²) in [6.45, 7) is 6.56. The summed E-state index contributed by atoms with van der Waals surface area (Å²) in [7, 11) is 0. The zero-order valence-corrected chi connectivity index (χ0v) is 11.3. The van der Waals surface area contributed by atoms with Crippen LogP contribution < -0.4 is 5.56 Å². The van der Waals surface area contributed by atoms with Crippen molar-refractivity contribution in [3.8, 4) is 0 Å². The SMILES string of the molecule is Cc1cc(C(=O)O)cc2ccc(=O)n(CC(C)C)c12. The van der Waals surface area contributed by atoms with E-state index < -0.39 is 5.97 Å². The van der Waals surface area contributed by atoms with Gasteiger partial charge in [0, 0.05) is 12.6 Å². The molecule has 0 aliphatic rings. The fraction of sp³-hybridized carbons (Fsp3) is 0.333. The molecule has 19 heavy (non-hydrogen) atoms. The van der Waals surface area contributed by atoms with Crippen LogP contribution in [0.2, 0.25) is 0 Å². The van der Waals surface area contributed by atoms with Crippen molar-refractivity contribution in [3.05, 3.63) is 45.7 Å². The van der Waals surface area contributed by atoms with Crippen LogP contribution in [0.4, 0.5) is 0 Å². The molecule has 0 radical (unpaired) electrons. The minimum atomic E-state index is -0.952. The quantitative estimate of drug-likeness (QED) is 0.921. The lowest BCUT2D eigenvalue weighted by molar-refractivity contribution is 0.0697. The molecule has 2 rings (SSSR count). The number of hydrogen-bond donors (Lipinski definition) is 1. The average molecular weight is 259 g/mol. The Hall–Kier alpha value is -2.10. The summed E-state index contributed by atoms with van der Waals surface area (Å²) in [6, 6.07) is 6.41. The van der Waals surface area contributed by atoms with Crippen LogP contribution in [0.5, 0.6) is 0 Å². The maximum Gasteiger partial charge on any atom is 0.335 e. The Morgan fingerprint density at radius 1 is 1.32 bits per heavy atom. The van der Waals surface area contributed by atoms with Crippen LogP contribution >= 0.6 is 0 Å². The van der Waals surface area contributed by atoms with Gasteiger partial charge in [-0.25, -0.2) is 4.79 Å². The highest BCUT2D eigenvalue weighted by atomic mass is 16.4. The van der Waals surface area contributed by atoms with Gasteiger partial charge < -0.3 is 9.67 Å². The topological polar surface area (TPSA) is 59.3 Å². The largest absolute Gasteiger partial charge is 0.478 e. The van der Waals surface area contributed by atoms with Crippen LogP contribution in [0.15, 0.2) is 29.1 Å². The van der Waals surface area contributed by atoms with E-state index in [4.69, 9.17) is 5.11 Å². The van der Waals surface area contributed by atoms with E-state index >= 15 is 0 Å². The molecule has 0 amide bonds. The number of hydrogen-bond acceptors (Lipinski definition) is 2. The molecule has 1 heterocycles. The lowest BCUT2D eigenvalue weighted by Crippen LogP contribution is -2.22. The molecule has 4 heteroatoms. The Balaban J connectivity index is 2.79. The van der Waals surface area contributed by atoms with Crippen molar-refractivity contribution in [1.29, 1.82) is 0 Å². The number of carbonyl (C=O) groups is 1. The van der Waals surface area contributed by atoms with Crippen LogP contribution in [0.1, 0.15) is 29.8 Å². The normalized spacial score (nSPS) is 11.2. The van der Waals surface area contributed by atoms with Crippen LogP contribution in [-0.2, 0) is 6.54 Å². The standard InChI is InChI=1S/C15H17NO3/c1-9(2)8-16-13(17)5-4-11-7-12(15(18)19)6-10(3)14(11)16/h4-7,9H,8H2,1-3H3,(H,18,19). The van der Waals surface area contributed by atoms with Gasteiger partial charge in [-0.3, -0.25) is 4.79 Å². The molecule has 0 unspecified atom stereocenters. The molecule has 1 N–H and O–H groups in total. The smallest absolute Gasteiger partial charge is 0.335 e. The molecule has 0 aliphatic heterocycles. The number of benzene rings is 1. The summed E-state index contributed by atoms with van der Waals surface area (Å²) in [5, 5.41) is 9.86. The lowest BCUT2D eigenvalue weighted by atomic mass is 10.0. The van der Waals surface area contributed by atoms with Crippen molar-refractivity contribution in [1.82, 2.24) is 4.57 Å². The Morgan fingerprint density at radius 3 is 2.58 bits per heavy atom. The zero-order chi connectivity index (χ0) is 14.2. The number of carboxylic acids is 1. The molecular weight excluding hydrogens is 242 g/mol. The van der Waals surface area contributed by atoms with Gasteiger partial charge in [0.15, 0.2) is 0 Å². The van der Waals surface area contributed by atoms with E-state index in [1.54, 1.807) is 22.8 Å². The first-order valence-corrected chi connectivity index (χ1v) is 6.27. The van der Waals surface area contributed by atoms with Gasteiger partial charge in [-0.1, -0.05) is 13.8 Å². The molecule has 0 fully saturated rings. The molecule has 0 aliphatic carbocycles. The molecule has 4 nitrogen and oxygen atoms in total. The van der Waals surface area contributed by atoms with E-state index in [-0.39, 0.29) is 11.1 Å². The number of fused-ring (bicyclic) bond motifs is 1. The zero-order valence-electron chi connectivity index (χ0n) is 11.3. The minimum absolute atomic E-state index is 0.0487. The molecule has 0 spiro atoms. The highest BCUT2D eigenvalue weighted by molar-refractivity contribution is 5.94.